The Morgan fingerprint density at radius 1 is 1.62 bits per heavy atom. The van der Waals surface area contributed by atoms with E-state index in [0.717, 1.165) is 0 Å². The Morgan fingerprint density at radius 2 is 1.75 bits per heavy atom. The maximum atomic E-state index is 9.18. The standard InChI is InChI=1S/C2H4O2S.Ca.K.H2O/c3-2(4)1-5;;;/h5H,1H2,(H,3,4);;;1H2/q;+2;+1;/p-2. The number of aliphatic carboxylic acids is 1. The van der Waals surface area contributed by atoms with Gasteiger partial charge in [-0.3, -0.25) is 0 Å². The summed E-state index contributed by atoms with van der Waals surface area (Å²) in [5.74, 6) is -1.33. The second-order valence-corrected chi connectivity index (χ2v) is 0.846. The maximum Gasteiger partial charge on any atom is 2.00 e. The fourth-order valence-corrected chi connectivity index (χ4v) is 0. The third kappa shape index (κ3) is 23.4. The average molecular weight is 187 g/mol. The zero-order valence-electron chi connectivity index (χ0n) is 4.63. The second kappa shape index (κ2) is 16.3. The van der Waals surface area contributed by atoms with E-state index < -0.39 is 5.97 Å². The van der Waals surface area contributed by atoms with Crippen LogP contribution >= 0.6 is 12.6 Å². The first-order chi connectivity index (χ1) is 2.27. The van der Waals surface area contributed by atoms with Gasteiger partial charge in [0.1, 0.15) is 0 Å². The minimum Gasteiger partial charge on any atom is -0.870 e. The zero-order valence-corrected chi connectivity index (χ0v) is 10.9. The summed E-state index contributed by atoms with van der Waals surface area (Å²) in [5, 5.41) is 9.18. The minimum atomic E-state index is -1.13. The van der Waals surface area contributed by atoms with Gasteiger partial charge >= 0.3 is 89.1 Å². The van der Waals surface area contributed by atoms with Crippen LogP contribution in [-0.2, 0) is 4.79 Å². The van der Waals surface area contributed by atoms with Crippen LogP contribution in [0, 0.1) is 0 Å². The van der Waals surface area contributed by atoms with Crippen LogP contribution in [0.2, 0.25) is 0 Å². The smallest absolute Gasteiger partial charge is 0.870 e. The summed E-state index contributed by atoms with van der Waals surface area (Å²) in [7, 11) is 0. The van der Waals surface area contributed by atoms with Gasteiger partial charge in [-0.25, -0.2) is 0 Å². The number of thiol groups is 1. The SMILES string of the molecule is O=C([O-])CS.[Ca+2].[K+].[OH-]. The first kappa shape index (κ1) is 22.4. The Hall–Kier alpha value is 2.68. The van der Waals surface area contributed by atoms with E-state index in [1.807, 2.05) is 0 Å². The molecule has 0 spiro atoms. The van der Waals surface area contributed by atoms with Gasteiger partial charge in [0, 0.05) is 5.75 Å². The molecule has 0 unspecified atom stereocenters. The third-order valence-corrected chi connectivity index (χ3v) is 0.387. The maximum absolute atomic E-state index is 9.18. The summed E-state index contributed by atoms with van der Waals surface area (Å²) in [5.41, 5.74) is 0. The van der Waals surface area contributed by atoms with Crippen molar-refractivity contribution in [2.75, 3.05) is 5.75 Å². The molecular formula is C2H4CaKO3S+. The van der Waals surface area contributed by atoms with Gasteiger partial charge in [0.25, 0.3) is 0 Å². The molecule has 0 fully saturated rings. The molecule has 0 aliphatic carbocycles. The molecule has 6 heteroatoms. The molecule has 0 heterocycles. The van der Waals surface area contributed by atoms with Crippen molar-refractivity contribution in [1.29, 1.82) is 0 Å². The van der Waals surface area contributed by atoms with E-state index in [9.17, 15) is 9.90 Å². The van der Waals surface area contributed by atoms with Gasteiger partial charge in [0.2, 0.25) is 0 Å². The van der Waals surface area contributed by atoms with E-state index in [1.165, 1.54) is 0 Å². The van der Waals surface area contributed by atoms with E-state index in [0.29, 0.717) is 0 Å². The van der Waals surface area contributed by atoms with Crippen LogP contribution in [0.3, 0.4) is 0 Å². The number of rotatable bonds is 1. The molecule has 0 radical (unpaired) electrons. The molecule has 0 rings (SSSR count). The fraction of sp³-hybridized carbons (Fsp3) is 0.500. The number of hydrogen-bond donors (Lipinski definition) is 1. The molecule has 0 saturated heterocycles. The quantitative estimate of drug-likeness (QED) is 0.330. The van der Waals surface area contributed by atoms with Gasteiger partial charge in [-0.2, -0.15) is 12.6 Å². The largest absolute Gasteiger partial charge is 2.00 e. The second-order valence-electron chi connectivity index (χ2n) is 0.530. The summed E-state index contributed by atoms with van der Waals surface area (Å²) in [6.07, 6.45) is 0. The zero-order chi connectivity index (χ0) is 4.28. The van der Waals surface area contributed by atoms with Crippen molar-refractivity contribution in [3.63, 3.8) is 0 Å². The van der Waals surface area contributed by atoms with Crippen molar-refractivity contribution in [2.45, 2.75) is 0 Å². The van der Waals surface area contributed by atoms with Crippen molar-refractivity contribution in [3.8, 4) is 0 Å². The summed E-state index contributed by atoms with van der Waals surface area (Å²) >= 11 is 3.35. The van der Waals surface area contributed by atoms with Crippen molar-refractivity contribution in [2.24, 2.45) is 0 Å². The normalized spacial score (nSPS) is 4.62. The molecule has 0 aliphatic heterocycles. The van der Waals surface area contributed by atoms with Crippen molar-refractivity contribution < 1.29 is 66.8 Å². The molecular weight excluding hydrogens is 183 g/mol. The Morgan fingerprint density at radius 3 is 1.75 bits per heavy atom. The molecule has 0 aromatic heterocycles. The van der Waals surface area contributed by atoms with Crippen LogP contribution in [0.5, 0.6) is 0 Å². The molecule has 0 amide bonds. The number of carbonyl (C=O) groups is 1. The first-order valence-electron chi connectivity index (χ1n) is 1.08. The molecule has 38 valence electrons. The number of carboxylic acids is 1. The van der Waals surface area contributed by atoms with E-state index >= 15 is 0 Å². The summed E-state index contributed by atoms with van der Waals surface area (Å²) in [4.78, 5) is 9.18. The summed E-state index contributed by atoms with van der Waals surface area (Å²) < 4.78 is 0. The average Bonchev–Trinajstić information content (AvgIpc) is 1.38. The molecule has 8 heavy (non-hydrogen) atoms. The Kier molecular flexibility index (Phi) is 45.8. The molecule has 0 saturated carbocycles. The summed E-state index contributed by atoms with van der Waals surface area (Å²) in [6, 6.07) is 0. The molecule has 0 aromatic rings. The van der Waals surface area contributed by atoms with Crippen LogP contribution in [0.25, 0.3) is 0 Å². The van der Waals surface area contributed by atoms with Crippen molar-refractivity contribution in [3.05, 3.63) is 0 Å². The molecule has 0 atom stereocenters. The van der Waals surface area contributed by atoms with Gasteiger partial charge in [-0.1, -0.05) is 0 Å². The molecule has 1 N–H and O–H groups in total. The Balaban J connectivity index is -0.0000000267. The molecule has 0 aromatic carbocycles. The van der Waals surface area contributed by atoms with Crippen LogP contribution in [0.4, 0.5) is 0 Å². The molecule has 0 aliphatic rings. The molecule has 0 bridgehead atoms. The van der Waals surface area contributed by atoms with Crippen LogP contribution < -0.4 is 56.5 Å². The van der Waals surface area contributed by atoms with E-state index in [2.05, 4.69) is 12.6 Å². The Bertz CT molecular complexity index is 52.5. The van der Waals surface area contributed by atoms with Gasteiger partial charge in [0.15, 0.2) is 0 Å². The number of carbonyl (C=O) groups excluding carboxylic acids is 1. The summed E-state index contributed by atoms with van der Waals surface area (Å²) in [6.45, 7) is 0. The number of carboxylic acid groups (broad SMARTS) is 1. The van der Waals surface area contributed by atoms with Crippen LogP contribution in [0.1, 0.15) is 0 Å². The topological polar surface area (TPSA) is 70.1 Å². The fourth-order valence-electron chi connectivity index (χ4n) is 0. The predicted octanol–water partition coefficient (Wildman–Crippen LogP) is -4.89. The van der Waals surface area contributed by atoms with Gasteiger partial charge in [-0.15, -0.1) is 0 Å². The number of hydrogen-bond acceptors (Lipinski definition) is 4. The molecule has 3 nitrogen and oxygen atoms in total. The van der Waals surface area contributed by atoms with Crippen molar-refractivity contribution in [1.82, 2.24) is 0 Å². The van der Waals surface area contributed by atoms with Crippen molar-refractivity contribution >= 4 is 56.3 Å². The third-order valence-electron chi connectivity index (χ3n) is 0.129. The van der Waals surface area contributed by atoms with E-state index in [4.69, 9.17) is 0 Å². The van der Waals surface area contributed by atoms with E-state index in [1.54, 1.807) is 0 Å². The van der Waals surface area contributed by atoms with E-state index in [-0.39, 0.29) is 100 Å². The predicted molar refractivity (Wildman–Crippen MR) is 26.5 cm³/mol. The first-order valence-corrected chi connectivity index (χ1v) is 1.71. The Labute approximate surface area is 126 Å². The van der Waals surface area contributed by atoms with Crippen LogP contribution in [-0.4, -0.2) is 54.9 Å². The van der Waals surface area contributed by atoms with Gasteiger partial charge in [-0.05, 0) is 0 Å². The minimum absolute atomic E-state index is 0. The van der Waals surface area contributed by atoms with Gasteiger partial charge < -0.3 is 15.4 Å². The monoisotopic (exact) mass is 187 g/mol. The van der Waals surface area contributed by atoms with Gasteiger partial charge in [0.05, 0.1) is 5.97 Å². The van der Waals surface area contributed by atoms with Crippen LogP contribution in [0.15, 0.2) is 0 Å².